The third kappa shape index (κ3) is 6.56. The van der Waals surface area contributed by atoms with Crippen LogP contribution in [0.25, 0.3) is 33.0 Å². The van der Waals surface area contributed by atoms with Crippen LogP contribution in [0.1, 0.15) is 11.1 Å². The molecule has 0 fully saturated rings. The molecule has 10 heteroatoms. The van der Waals surface area contributed by atoms with Gasteiger partial charge in [0.1, 0.15) is 24.3 Å². The zero-order valence-electron chi connectivity index (χ0n) is 23.4. The molecule has 6 rings (SSSR count). The number of rotatable bonds is 11. The first-order valence-electron chi connectivity index (χ1n) is 13.9. The minimum atomic E-state index is -0.906. The van der Waals surface area contributed by atoms with Gasteiger partial charge in [0.05, 0.1) is 28.6 Å². The lowest BCUT2D eigenvalue weighted by atomic mass is 10.0. The summed E-state index contributed by atoms with van der Waals surface area (Å²) in [5.74, 6) is 1.14. The molecule has 0 spiro atoms. The maximum atomic E-state index is 11.7. The lowest BCUT2D eigenvalue weighted by Crippen LogP contribution is -2.29. The number of para-hydroxylation sites is 1. The van der Waals surface area contributed by atoms with Crippen molar-refractivity contribution >= 4 is 33.5 Å². The molecule has 4 aromatic carbocycles. The fraction of sp³-hybridized carbons (Fsp3) is 0.147. The van der Waals surface area contributed by atoms with Crippen molar-refractivity contribution < 1.29 is 24.1 Å². The zero-order valence-corrected chi connectivity index (χ0v) is 24.2. The number of ether oxygens (including phenoxy) is 2. The molecule has 0 aliphatic carbocycles. The van der Waals surface area contributed by atoms with Gasteiger partial charge in [-0.15, -0.1) is 0 Å². The summed E-state index contributed by atoms with van der Waals surface area (Å²) < 4.78 is 17.8. The highest BCUT2D eigenvalue weighted by Gasteiger charge is 2.16. The monoisotopic (exact) mass is 609 g/mol. The van der Waals surface area contributed by atoms with Crippen molar-refractivity contribution in [3.05, 3.63) is 124 Å². The number of fused-ring (bicyclic) bond motifs is 2. The molecule has 0 bridgehead atoms. The number of nitrogens with one attached hydrogen (secondary N) is 1. The van der Waals surface area contributed by atoms with E-state index < -0.39 is 11.7 Å². The number of aliphatic hydroxyl groups is 2. The topological polar surface area (TPSA) is 127 Å². The van der Waals surface area contributed by atoms with Crippen LogP contribution in [0, 0.1) is 0 Å². The first-order chi connectivity index (χ1) is 21.5. The Morgan fingerprint density at radius 3 is 2.61 bits per heavy atom. The smallest absolute Gasteiger partial charge is 0.336 e. The molecule has 0 radical (unpaired) electrons. The van der Waals surface area contributed by atoms with Crippen molar-refractivity contribution in [3.8, 4) is 28.5 Å². The largest absolute Gasteiger partial charge is 0.488 e. The second kappa shape index (κ2) is 13.2. The first kappa shape index (κ1) is 29.3. The van der Waals surface area contributed by atoms with Gasteiger partial charge in [-0.1, -0.05) is 66.2 Å². The molecule has 0 amide bonds. The predicted molar refractivity (Wildman–Crippen MR) is 168 cm³/mol. The van der Waals surface area contributed by atoms with Gasteiger partial charge in [-0.05, 0) is 35.4 Å². The summed E-state index contributed by atoms with van der Waals surface area (Å²) in [7, 11) is 0. The Labute approximate surface area is 257 Å². The summed E-state index contributed by atoms with van der Waals surface area (Å²) >= 11 is 6.71. The Morgan fingerprint density at radius 1 is 0.932 bits per heavy atom. The first-order valence-corrected chi connectivity index (χ1v) is 14.3. The Balaban J connectivity index is 1.32. The Morgan fingerprint density at radius 2 is 1.77 bits per heavy atom. The number of hydrogen-bond acceptors (Lipinski definition) is 9. The van der Waals surface area contributed by atoms with Gasteiger partial charge in [-0.3, -0.25) is 0 Å². The summed E-state index contributed by atoms with van der Waals surface area (Å²) in [6, 6.07) is 27.8. The molecule has 222 valence electrons. The second-order valence-electron chi connectivity index (χ2n) is 10.1. The van der Waals surface area contributed by atoms with Crippen LogP contribution in [0.15, 0.2) is 107 Å². The number of hydrogen-bond donors (Lipinski definition) is 3. The van der Waals surface area contributed by atoms with Crippen LogP contribution < -0.4 is 20.4 Å². The number of benzene rings is 4. The van der Waals surface area contributed by atoms with E-state index in [9.17, 15) is 15.0 Å². The van der Waals surface area contributed by atoms with Crippen molar-refractivity contribution in [3.63, 3.8) is 0 Å². The van der Waals surface area contributed by atoms with Crippen LogP contribution in [-0.2, 0) is 13.2 Å². The zero-order chi connectivity index (χ0) is 30.5. The minimum Gasteiger partial charge on any atom is -0.488 e. The molecular weight excluding hydrogens is 582 g/mol. The van der Waals surface area contributed by atoms with Crippen LogP contribution in [0.5, 0.6) is 17.4 Å². The molecule has 9 nitrogen and oxygen atoms in total. The lowest BCUT2D eigenvalue weighted by molar-refractivity contribution is 0.0941. The summed E-state index contributed by atoms with van der Waals surface area (Å²) in [5, 5.41) is 23.9. The lowest BCUT2D eigenvalue weighted by Gasteiger charge is -2.17. The number of nitrogens with zero attached hydrogens (tertiary/aromatic N) is 2. The Bertz CT molecular complexity index is 1980. The van der Waals surface area contributed by atoms with Crippen molar-refractivity contribution in [1.82, 2.24) is 15.3 Å². The molecule has 3 N–H and O–H groups in total. The van der Waals surface area contributed by atoms with Gasteiger partial charge in [0.25, 0.3) is 0 Å². The van der Waals surface area contributed by atoms with Crippen molar-refractivity contribution in [2.24, 2.45) is 0 Å². The van der Waals surface area contributed by atoms with Gasteiger partial charge in [0.15, 0.2) is 5.75 Å². The molecular formula is C34H28ClN3O6. The quantitative estimate of drug-likeness (QED) is 0.155. The molecule has 2 heterocycles. The SMILES string of the molecule is O=c1ccc2ccc(COc3cc(Oc4ncnc5c(-c6ccccc6)cccc45)c(Cl)cc3CNC[C@H](O)CO)cc2o1. The summed E-state index contributed by atoms with van der Waals surface area (Å²) in [4.78, 5) is 20.6. The highest BCUT2D eigenvalue weighted by molar-refractivity contribution is 6.32. The van der Waals surface area contributed by atoms with Crippen molar-refractivity contribution in [2.45, 2.75) is 19.3 Å². The fourth-order valence-electron chi connectivity index (χ4n) is 4.82. The third-order valence-electron chi connectivity index (χ3n) is 7.02. The van der Waals surface area contributed by atoms with Crippen LogP contribution in [0.4, 0.5) is 0 Å². The molecule has 1 atom stereocenters. The normalized spacial score (nSPS) is 12.0. The molecule has 2 aromatic heterocycles. The maximum absolute atomic E-state index is 11.7. The summed E-state index contributed by atoms with van der Waals surface area (Å²) in [6.07, 6.45) is 0.551. The molecule has 0 aliphatic rings. The Kier molecular flexibility index (Phi) is 8.81. The van der Waals surface area contributed by atoms with E-state index in [2.05, 4.69) is 15.3 Å². The molecule has 44 heavy (non-hydrogen) atoms. The van der Waals surface area contributed by atoms with Crippen LogP contribution in [0.3, 0.4) is 0 Å². The molecule has 0 aliphatic heterocycles. The molecule has 0 unspecified atom stereocenters. The number of halogens is 1. The average molecular weight is 610 g/mol. The van der Waals surface area contributed by atoms with E-state index in [1.54, 1.807) is 24.3 Å². The van der Waals surface area contributed by atoms with E-state index in [0.29, 0.717) is 45.5 Å². The van der Waals surface area contributed by atoms with Gasteiger partial charge in [0, 0.05) is 41.7 Å². The van der Waals surface area contributed by atoms with Gasteiger partial charge < -0.3 is 29.4 Å². The van der Waals surface area contributed by atoms with E-state index in [4.69, 9.17) is 25.5 Å². The van der Waals surface area contributed by atoms with Gasteiger partial charge >= 0.3 is 5.63 Å². The van der Waals surface area contributed by atoms with Gasteiger partial charge in [0.2, 0.25) is 5.88 Å². The standard InChI is InChI=1S/C34H28ClN3O6/c35-28-14-24(16-36-17-25(40)18-39)29(42-19-21-9-10-23-11-12-32(41)43-30(23)13-21)15-31(28)44-34-27-8-4-7-26(33(27)37-20-38-34)22-5-2-1-3-6-22/h1-15,20,25,36,39-40H,16-19H2/t25-/m0/s1. The minimum absolute atomic E-state index is 0.165. The predicted octanol–water partition coefficient (Wildman–Crippen LogP) is 5.87. The second-order valence-corrected chi connectivity index (χ2v) is 10.5. The van der Waals surface area contributed by atoms with E-state index in [1.165, 1.54) is 12.4 Å². The number of aromatic nitrogens is 2. The van der Waals surface area contributed by atoms with Gasteiger partial charge in [-0.2, -0.15) is 0 Å². The van der Waals surface area contributed by atoms with E-state index >= 15 is 0 Å². The van der Waals surface area contributed by atoms with Crippen LogP contribution >= 0.6 is 11.6 Å². The van der Waals surface area contributed by atoms with Crippen LogP contribution in [0.2, 0.25) is 5.02 Å². The highest BCUT2D eigenvalue weighted by atomic mass is 35.5. The van der Waals surface area contributed by atoms with Gasteiger partial charge in [-0.25, -0.2) is 14.8 Å². The molecule has 6 aromatic rings. The van der Waals surface area contributed by atoms with Crippen molar-refractivity contribution in [2.75, 3.05) is 13.2 Å². The molecule has 0 saturated heterocycles. The van der Waals surface area contributed by atoms with Crippen molar-refractivity contribution in [1.29, 1.82) is 0 Å². The molecule has 0 saturated carbocycles. The Hall–Kier alpha value is -4.80. The fourth-order valence-corrected chi connectivity index (χ4v) is 5.05. The summed E-state index contributed by atoms with van der Waals surface area (Å²) in [5.41, 5.74) is 4.23. The van der Waals surface area contributed by atoms with E-state index in [0.717, 1.165) is 27.6 Å². The average Bonchev–Trinajstić information content (AvgIpc) is 3.05. The highest BCUT2D eigenvalue weighted by Crippen LogP contribution is 2.38. The summed E-state index contributed by atoms with van der Waals surface area (Å²) in [6.45, 7) is 0.279. The van der Waals surface area contributed by atoms with Crippen LogP contribution in [-0.4, -0.2) is 39.4 Å². The van der Waals surface area contributed by atoms with E-state index in [1.807, 2.05) is 60.7 Å². The maximum Gasteiger partial charge on any atom is 0.336 e. The third-order valence-corrected chi connectivity index (χ3v) is 7.32. The van der Waals surface area contributed by atoms with E-state index in [-0.39, 0.29) is 19.8 Å². The number of aliphatic hydroxyl groups excluding tert-OH is 2.